The monoisotopic (exact) mass is 826 g/mol. The molecule has 6 rings (SSSR count). The normalized spacial score (nSPS) is 16.9. The number of ether oxygens (including phenoxy) is 3. The second kappa shape index (κ2) is 19.5. The van der Waals surface area contributed by atoms with Gasteiger partial charge in [-0.2, -0.15) is 0 Å². The number of anilines is 1. The molecule has 10 heteroatoms. The highest BCUT2D eigenvalue weighted by atomic mass is 28.4. The van der Waals surface area contributed by atoms with Crippen LogP contribution in [0.25, 0.3) is 4.85 Å². The molecule has 8 nitrogen and oxygen atoms in total. The van der Waals surface area contributed by atoms with E-state index < -0.39 is 38.3 Å². The van der Waals surface area contributed by atoms with E-state index in [-0.39, 0.29) is 35.8 Å². The van der Waals surface area contributed by atoms with Crippen LogP contribution in [0.5, 0.6) is 11.5 Å². The molecule has 0 spiro atoms. The lowest BCUT2D eigenvalue weighted by Crippen LogP contribution is -2.42. The van der Waals surface area contributed by atoms with E-state index in [0.29, 0.717) is 47.7 Å². The van der Waals surface area contributed by atoms with Crippen molar-refractivity contribution in [1.82, 2.24) is 0 Å². The third-order valence-electron chi connectivity index (χ3n) is 11.9. The molecule has 1 fully saturated rings. The Bertz CT molecular complexity index is 2240. The van der Waals surface area contributed by atoms with Gasteiger partial charge in [-0.1, -0.05) is 106 Å². The summed E-state index contributed by atoms with van der Waals surface area (Å²) in [5, 5.41) is 3.54. The molecular formula is C50H55FN2O6Si. The number of hydrogen-bond acceptors (Lipinski definition) is 7. The van der Waals surface area contributed by atoms with Crippen LogP contribution in [0.1, 0.15) is 68.0 Å². The summed E-state index contributed by atoms with van der Waals surface area (Å²) >= 11 is 0. The average molecular weight is 827 g/mol. The zero-order chi connectivity index (χ0) is 42.9. The van der Waals surface area contributed by atoms with Gasteiger partial charge in [0.1, 0.15) is 29.8 Å². The van der Waals surface area contributed by atoms with Gasteiger partial charge in [-0.3, -0.25) is 9.59 Å². The summed E-state index contributed by atoms with van der Waals surface area (Å²) < 4.78 is 39.4. The quantitative estimate of drug-likeness (QED) is 0.0407. The molecule has 1 aliphatic rings. The summed E-state index contributed by atoms with van der Waals surface area (Å²) in [5.41, 5.74) is 4.62. The number of methoxy groups -OCH3 is 1. The summed E-state index contributed by atoms with van der Waals surface area (Å²) in [6.45, 7) is 18.8. The zero-order valence-corrected chi connectivity index (χ0v) is 36.3. The van der Waals surface area contributed by atoms with E-state index in [1.165, 1.54) is 12.1 Å². The maximum atomic E-state index is 15.6. The van der Waals surface area contributed by atoms with Gasteiger partial charge in [0.05, 0.1) is 32.4 Å². The summed E-state index contributed by atoms with van der Waals surface area (Å²) in [4.78, 5) is 33.0. The Morgan fingerprint density at radius 1 is 0.900 bits per heavy atom. The van der Waals surface area contributed by atoms with Gasteiger partial charge in [0.25, 0.3) is 0 Å². The summed E-state index contributed by atoms with van der Waals surface area (Å²) in [6, 6.07) is 38.0. The van der Waals surface area contributed by atoms with E-state index >= 15 is 4.79 Å². The molecule has 0 saturated carbocycles. The maximum absolute atomic E-state index is 15.6. The summed E-state index contributed by atoms with van der Waals surface area (Å²) in [5.74, 6) is -2.27. The van der Waals surface area contributed by atoms with Gasteiger partial charge in [0.2, 0.25) is 0 Å². The number of rotatable bonds is 18. The molecular weight excluding hydrogens is 772 g/mol. The number of carbonyl (C=O) groups is 2. The number of carbonyl (C=O) groups excluding carboxylic acids is 2. The largest absolute Gasteiger partial charge is 0.497 e. The Morgan fingerprint density at radius 3 is 2.17 bits per heavy atom. The van der Waals surface area contributed by atoms with Crippen LogP contribution in [0.15, 0.2) is 127 Å². The van der Waals surface area contributed by atoms with Crippen LogP contribution >= 0.6 is 0 Å². The molecule has 0 bridgehead atoms. The molecule has 1 unspecified atom stereocenters. The summed E-state index contributed by atoms with van der Waals surface area (Å²) in [7, 11) is -0.814. The van der Waals surface area contributed by atoms with E-state index in [1.54, 1.807) is 31.4 Å². The molecule has 60 heavy (non-hydrogen) atoms. The fraction of sp³-hybridized carbons (Fsp3) is 0.340. The maximum Gasteiger partial charge on any atom is 0.316 e. The fourth-order valence-corrected chi connectivity index (χ4v) is 8.83. The number of nitrogens with zero attached hydrogens (tertiary/aromatic N) is 1. The third-order valence-corrected chi connectivity index (χ3v) is 16.4. The Balaban J connectivity index is 1.48. The van der Waals surface area contributed by atoms with E-state index in [2.05, 4.69) is 44.0 Å². The van der Waals surface area contributed by atoms with Crippen LogP contribution < -0.4 is 14.8 Å². The van der Waals surface area contributed by atoms with Gasteiger partial charge in [0.15, 0.2) is 19.8 Å². The van der Waals surface area contributed by atoms with E-state index in [0.717, 1.165) is 16.7 Å². The van der Waals surface area contributed by atoms with Crippen molar-refractivity contribution in [2.45, 2.75) is 76.9 Å². The minimum atomic E-state index is -2.40. The molecule has 5 aromatic carbocycles. The predicted octanol–water partition coefficient (Wildman–Crippen LogP) is 11.9. The molecule has 0 aromatic heterocycles. The second-order valence-electron chi connectivity index (χ2n) is 17.0. The Morgan fingerprint density at radius 2 is 1.55 bits per heavy atom. The zero-order valence-electron chi connectivity index (χ0n) is 35.3. The smallest absolute Gasteiger partial charge is 0.316 e. The number of benzene rings is 5. The van der Waals surface area contributed by atoms with Crippen LogP contribution in [-0.4, -0.2) is 33.8 Å². The van der Waals surface area contributed by atoms with E-state index in [4.69, 9.17) is 25.2 Å². The Labute approximate surface area is 355 Å². The molecule has 1 heterocycles. The van der Waals surface area contributed by atoms with Crippen LogP contribution in [0.3, 0.4) is 0 Å². The van der Waals surface area contributed by atoms with Crippen molar-refractivity contribution in [3.63, 3.8) is 0 Å². The SMILES string of the molecule is [C-]#[N+]c1ccc(N[C@H](c2ccc(OC)cc2OCc2ccccc2)[C@@H](CC[C@@H](O[Si](C)(C)C(C)(C)C)c2ccc(F)cc2)C(=O)C2C(=O)OC[C@@H]2Cc2ccccc2)cc1. The first kappa shape index (κ1) is 43.8. The van der Waals surface area contributed by atoms with Crippen molar-refractivity contribution in [2.24, 2.45) is 17.8 Å². The van der Waals surface area contributed by atoms with E-state index in [9.17, 15) is 9.18 Å². The molecule has 312 valence electrons. The first-order valence-electron chi connectivity index (χ1n) is 20.5. The fourth-order valence-electron chi connectivity index (χ4n) is 7.51. The van der Waals surface area contributed by atoms with Crippen LogP contribution in [0, 0.1) is 30.1 Å². The van der Waals surface area contributed by atoms with Crippen LogP contribution in [-0.2, 0) is 31.8 Å². The number of cyclic esters (lactones) is 1. The van der Waals surface area contributed by atoms with Crippen molar-refractivity contribution in [3.8, 4) is 11.5 Å². The minimum Gasteiger partial charge on any atom is -0.497 e. The lowest BCUT2D eigenvalue weighted by molar-refractivity contribution is -0.146. The number of Topliss-reactive ketones (excluding diaryl/α,β-unsaturated/α-hetero) is 1. The number of halogens is 1. The standard InChI is InChI=1S/C50H55FN2O6Si/c1-50(2,3)60(6,7)59-44(36-18-20-38(51)21-19-36)29-28-43(48(54)46-37(33-58-49(46)55)30-34-14-10-8-11-15-34)47(53-40-24-22-39(52-4)23-25-40)42-27-26-41(56-5)31-45(42)57-32-35-16-12-9-13-17-35/h8-27,31,37,43-44,46-47,53H,28-30,32-33H2,1-3,5-7H3/t37-,43+,44+,46?,47+/m0/s1. The lowest BCUT2D eigenvalue weighted by atomic mass is 9.75. The second-order valence-corrected chi connectivity index (χ2v) is 21.8. The molecule has 5 atom stereocenters. The van der Waals surface area contributed by atoms with Gasteiger partial charge in [0, 0.05) is 29.2 Å². The molecule has 5 aromatic rings. The lowest BCUT2D eigenvalue weighted by Gasteiger charge is -2.40. The van der Waals surface area contributed by atoms with Crippen molar-refractivity contribution < 1.29 is 32.6 Å². The molecule has 0 amide bonds. The van der Waals surface area contributed by atoms with Gasteiger partial charge in [-0.05, 0) is 90.5 Å². The van der Waals surface area contributed by atoms with Crippen molar-refractivity contribution in [2.75, 3.05) is 19.0 Å². The molecule has 1 N–H and O–H groups in total. The van der Waals surface area contributed by atoms with Gasteiger partial charge in [-0.25, -0.2) is 9.24 Å². The summed E-state index contributed by atoms with van der Waals surface area (Å²) in [6.07, 6.45) is 0.706. The number of ketones is 1. The molecule has 0 aliphatic carbocycles. The molecule has 1 saturated heterocycles. The topological polar surface area (TPSA) is 87.5 Å². The highest BCUT2D eigenvalue weighted by molar-refractivity contribution is 6.74. The van der Waals surface area contributed by atoms with Crippen LogP contribution in [0.4, 0.5) is 15.8 Å². The van der Waals surface area contributed by atoms with Crippen molar-refractivity contribution in [3.05, 3.63) is 167 Å². The average Bonchev–Trinajstić information content (AvgIpc) is 3.61. The van der Waals surface area contributed by atoms with Gasteiger partial charge in [-0.15, -0.1) is 0 Å². The number of hydrogen-bond donors (Lipinski definition) is 1. The highest BCUT2D eigenvalue weighted by Crippen LogP contribution is 2.45. The first-order valence-corrected chi connectivity index (χ1v) is 23.4. The van der Waals surface area contributed by atoms with Crippen molar-refractivity contribution in [1.29, 1.82) is 0 Å². The van der Waals surface area contributed by atoms with Crippen molar-refractivity contribution >= 4 is 31.4 Å². The molecule has 0 radical (unpaired) electrons. The number of nitrogens with one attached hydrogen (secondary N) is 1. The Hall–Kier alpha value is -5.76. The molecule has 1 aliphatic heterocycles. The first-order chi connectivity index (χ1) is 28.8. The number of esters is 1. The van der Waals surface area contributed by atoms with Crippen LogP contribution in [0.2, 0.25) is 18.1 Å². The predicted molar refractivity (Wildman–Crippen MR) is 236 cm³/mol. The minimum absolute atomic E-state index is 0.131. The van der Waals surface area contributed by atoms with Gasteiger partial charge >= 0.3 is 5.97 Å². The highest BCUT2D eigenvalue weighted by Gasteiger charge is 2.47. The van der Waals surface area contributed by atoms with Gasteiger partial charge < -0.3 is 24.0 Å². The van der Waals surface area contributed by atoms with E-state index in [1.807, 2.05) is 91.0 Å². The Kier molecular flexibility index (Phi) is 14.3. The third kappa shape index (κ3) is 10.9.